The van der Waals surface area contributed by atoms with Crippen molar-refractivity contribution in [1.29, 1.82) is 0 Å². The second-order valence-corrected chi connectivity index (χ2v) is 6.65. The van der Waals surface area contributed by atoms with Crippen LogP contribution in [0, 0.1) is 20.8 Å². The fourth-order valence-corrected chi connectivity index (χ4v) is 3.15. The van der Waals surface area contributed by atoms with Crippen molar-refractivity contribution < 1.29 is 14.3 Å². The SMILES string of the molecule is Cc1cc(C)c(C(=O)OC(C)C(=O)NCc2cccs2)c(C)c1. The van der Waals surface area contributed by atoms with Gasteiger partial charge in [0.05, 0.1) is 12.1 Å². The fraction of sp³-hybridized carbons (Fsp3) is 0.333. The first-order valence-electron chi connectivity index (χ1n) is 7.47. The molecule has 23 heavy (non-hydrogen) atoms. The summed E-state index contributed by atoms with van der Waals surface area (Å²) in [7, 11) is 0. The van der Waals surface area contributed by atoms with E-state index in [1.807, 2.05) is 50.4 Å². The molecule has 0 fully saturated rings. The number of nitrogens with one attached hydrogen (secondary N) is 1. The van der Waals surface area contributed by atoms with Gasteiger partial charge in [-0.1, -0.05) is 23.8 Å². The highest BCUT2D eigenvalue weighted by Gasteiger charge is 2.21. The highest BCUT2D eigenvalue weighted by Crippen LogP contribution is 2.18. The van der Waals surface area contributed by atoms with Crippen LogP contribution < -0.4 is 5.32 Å². The maximum absolute atomic E-state index is 12.3. The van der Waals surface area contributed by atoms with Crippen molar-refractivity contribution in [3.05, 3.63) is 56.8 Å². The Bertz CT molecular complexity index is 684. The molecule has 1 aromatic heterocycles. The molecule has 1 atom stereocenters. The van der Waals surface area contributed by atoms with Crippen LogP contribution >= 0.6 is 11.3 Å². The molecule has 1 heterocycles. The van der Waals surface area contributed by atoms with E-state index in [0.717, 1.165) is 21.6 Å². The Labute approximate surface area is 140 Å². The Hall–Kier alpha value is -2.14. The van der Waals surface area contributed by atoms with Gasteiger partial charge in [-0.05, 0) is 50.3 Å². The molecule has 2 aromatic rings. The van der Waals surface area contributed by atoms with Gasteiger partial charge in [-0.25, -0.2) is 4.79 Å². The minimum absolute atomic E-state index is 0.297. The minimum atomic E-state index is -0.831. The molecule has 122 valence electrons. The van der Waals surface area contributed by atoms with Crippen LogP contribution in [-0.2, 0) is 16.1 Å². The molecule has 0 aliphatic rings. The molecule has 1 aromatic carbocycles. The Morgan fingerprint density at radius 1 is 1.22 bits per heavy atom. The van der Waals surface area contributed by atoms with Crippen LogP contribution in [0.1, 0.15) is 38.8 Å². The van der Waals surface area contributed by atoms with Gasteiger partial charge in [0.25, 0.3) is 5.91 Å². The number of amides is 1. The van der Waals surface area contributed by atoms with Crippen LogP contribution in [0.15, 0.2) is 29.6 Å². The molecule has 0 radical (unpaired) electrons. The van der Waals surface area contributed by atoms with E-state index in [2.05, 4.69) is 5.32 Å². The average molecular weight is 331 g/mol. The third-order valence-electron chi connectivity index (χ3n) is 3.55. The highest BCUT2D eigenvalue weighted by atomic mass is 32.1. The topological polar surface area (TPSA) is 55.4 Å². The van der Waals surface area contributed by atoms with E-state index in [1.165, 1.54) is 0 Å². The van der Waals surface area contributed by atoms with Crippen molar-refractivity contribution in [2.45, 2.75) is 40.3 Å². The van der Waals surface area contributed by atoms with E-state index in [4.69, 9.17) is 4.74 Å². The minimum Gasteiger partial charge on any atom is -0.449 e. The number of rotatable bonds is 5. The summed E-state index contributed by atoms with van der Waals surface area (Å²) >= 11 is 1.57. The molecule has 1 unspecified atom stereocenters. The third kappa shape index (κ3) is 4.42. The van der Waals surface area contributed by atoms with Crippen LogP contribution in [0.5, 0.6) is 0 Å². The Morgan fingerprint density at radius 3 is 2.43 bits per heavy atom. The van der Waals surface area contributed by atoms with E-state index < -0.39 is 12.1 Å². The zero-order valence-electron chi connectivity index (χ0n) is 13.8. The zero-order valence-corrected chi connectivity index (χ0v) is 14.6. The van der Waals surface area contributed by atoms with Crippen LogP contribution in [0.4, 0.5) is 0 Å². The van der Waals surface area contributed by atoms with Crippen molar-refractivity contribution in [3.8, 4) is 0 Å². The third-order valence-corrected chi connectivity index (χ3v) is 4.43. The summed E-state index contributed by atoms with van der Waals surface area (Å²) in [6, 6.07) is 7.75. The number of hydrogen-bond acceptors (Lipinski definition) is 4. The number of aryl methyl sites for hydroxylation is 3. The zero-order chi connectivity index (χ0) is 17.0. The molecule has 0 bridgehead atoms. The number of thiophene rings is 1. The lowest BCUT2D eigenvalue weighted by atomic mass is 10.00. The smallest absolute Gasteiger partial charge is 0.339 e. The molecular formula is C18H21NO3S. The molecular weight excluding hydrogens is 310 g/mol. The number of benzene rings is 1. The summed E-state index contributed by atoms with van der Waals surface area (Å²) in [5.74, 6) is -0.757. The summed E-state index contributed by atoms with van der Waals surface area (Å²) < 4.78 is 5.32. The Morgan fingerprint density at radius 2 is 1.87 bits per heavy atom. The van der Waals surface area contributed by atoms with Crippen molar-refractivity contribution in [3.63, 3.8) is 0 Å². The summed E-state index contributed by atoms with van der Waals surface area (Å²) in [5, 5.41) is 4.73. The highest BCUT2D eigenvalue weighted by molar-refractivity contribution is 7.09. The average Bonchev–Trinajstić information content (AvgIpc) is 2.96. The molecule has 0 saturated heterocycles. The van der Waals surface area contributed by atoms with Gasteiger partial charge in [0.2, 0.25) is 0 Å². The number of ether oxygens (including phenoxy) is 1. The van der Waals surface area contributed by atoms with E-state index in [0.29, 0.717) is 12.1 Å². The van der Waals surface area contributed by atoms with Gasteiger partial charge in [-0.15, -0.1) is 11.3 Å². The predicted octanol–water partition coefficient (Wildman–Crippen LogP) is 3.54. The summed E-state index contributed by atoms with van der Waals surface area (Å²) in [4.78, 5) is 25.4. The van der Waals surface area contributed by atoms with Crippen molar-refractivity contribution in [2.24, 2.45) is 0 Å². The lowest BCUT2D eigenvalue weighted by Crippen LogP contribution is -2.35. The van der Waals surface area contributed by atoms with E-state index >= 15 is 0 Å². The van der Waals surface area contributed by atoms with Crippen molar-refractivity contribution in [1.82, 2.24) is 5.32 Å². The molecule has 4 nitrogen and oxygen atoms in total. The maximum atomic E-state index is 12.3. The first-order chi connectivity index (χ1) is 10.9. The summed E-state index contributed by atoms with van der Waals surface area (Å²) in [6.07, 6.45) is -0.831. The van der Waals surface area contributed by atoms with Gasteiger partial charge in [0.15, 0.2) is 6.10 Å². The largest absolute Gasteiger partial charge is 0.449 e. The molecule has 0 saturated carbocycles. The molecule has 0 aliphatic heterocycles. The van der Waals surface area contributed by atoms with Gasteiger partial charge < -0.3 is 10.1 Å². The van der Waals surface area contributed by atoms with E-state index in [-0.39, 0.29) is 5.91 Å². The van der Waals surface area contributed by atoms with Gasteiger partial charge in [0, 0.05) is 4.88 Å². The maximum Gasteiger partial charge on any atom is 0.339 e. The lowest BCUT2D eigenvalue weighted by Gasteiger charge is -2.15. The Balaban J connectivity index is 1.98. The molecule has 1 N–H and O–H groups in total. The second kappa shape index (κ2) is 7.42. The Kier molecular flexibility index (Phi) is 5.55. The summed E-state index contributed by atoms with van der Waals surface area (Å²) in [5.41, 5.74) is 3.35. The monoisotopic (exact) mass is 331 g/mol. The number of carbonyl (C=O) groups excluding carboxylic acids is 2. The van der Waals surface area contributed by atoms with Gasteiger partial charge in [-0.2, -0.15) is 0 Å². The molecule has 0 aliphatic carbocycles. The van der Waals surface area contributed by atoms with Crippen molar-refractivity contribution in [2.75, 3.05) is 0 Å². The van der Waals surface area contributed by atoms with Crippen LogP contribution in [0.2, 0.25) is 0 Å². The first kappa shape index (κ1) is 17.2. The number of esters is 1. The van der Waals surface area contributed by atoms with Crippen LogP contribution in [-0.4, -0.2) is 18.0 Å². The number of hydrogen-bond donors (Lipinski definition) is 1. The molecule has 2 rings (SSSR count). The standard InChI is InChI=1S/C18H21NO3S/c1-11-8-12(2)16(13(3)9-11)18(21)22-14(4)17(20)19-10-15-6-5-7-23-15/h5-9,14H,10H2,1-4H3,(H,19,20). The summed E-state index contributed by atoms with van der Waals surface area (Å²) in [6.45, 7) is 7.76. The quantitative estimate of drug-likeness (QED) is 0.853. The van der Waals surface area contributed by atoms with E-state index in [1.54, 1.807) is 18.3 Å². The second-order valence-electron chi connectivity index (χ2n) is 5.62. The number of carbonyl (C=O) groups is 2. The van der Waals surface area contributed by atoms with E-state index in [9.17, 15) is 9.59 Å². The van der Waals surface area contributed by atoms with Crippen molar-refractivity contribution >= 4 is 23.2 Å². The van der Waals surface area contributed by atoms with Crippen LogP contribution in [0.3, 0.4) is 0 Å². The van der Waals surface area contributed by atoms with Crippen LogP contribution in [0.25, 0.3) is 0 Å². The van der Waals surface area contributed by atoms with Gasteiger partial charge >= 0.3 is 5.97 Å². The van der Waals surface area contributed by atoms with Gasteiger partial charge in [-0.3, -0.25) is 4.79 Å². The molecule has 1 amide bonds. The normalized spacial score (nSPS) is 11.8. The molecule has 0 spiro atoms. The van der Waals surface area contributed by atoms with Gasteiger partial charge in [0.1, 0.15) is 0 Å². The predicted molar refractivity (Wildman–Crippen MR) is 91.7 cm³/mol. The fourth-order valence-electron chi connectivity index (χ4n) is 2.51. The first-order valence-corrected chi connectivity index (χ1v) is 8.35. The lowest BCUT2D eigenvalue weighted by molar-refractivity contribution is -0.129. The molecule has 5 heteroatoms.